The zero-order valence-corrected chi connectivity index (χ0v) is 10.6. The minimum absolute atomic E-state index is 0.341. The maximum Gasteiger partial charge on any atom is 0.335 e. The molecular formula is C14H21NO2. The van der Waals surface area contributed by atoms with Crippen molar-refractivity contribution in [2.75, 3.05) is 0 Å². The number of nitrogens with one attached hydrogen (secondary N) is 1. The second kappa shape index (κ2) is 7.07. The molecule has 0 saturated carbocycles. The molecule has 0 amide bonds. The third-order valence-electron chi connectivity index (χ3n) is 2.85. The zero-order chi connectivity index (χ0) is 12.7. The van der Waals surface area contributed by atoms with Crippen LogP contribution < -0.4 is 5.32 Å². The Labute approximate surface area is 103 Å². The molecule has 1 unspecified atom stereocenters. The van der Waals surface area contributed by atoms with Crippen LogP contribution in [0.2, 0.25) is 0 Å². The lowest BCUT2D eigenvalue weighted by Crippen LogP contribution is -2.25. The highest BCUT2D eigenvalue weighted by Crippen LogP contribution is 2.06. The summed E-state index contributed by atoms with van der Waals surface area (Å²) in [6, 6.07) is 7.53. The topological polar surface area (TPSA) is 49.3 Å². The molecule has 0 saturated heterocycles. The summed E-state index contributed by atoms with van der Waals surface area (Å²) < 4.78 is 0. The quantitative estimate of drug-likeness (QED) is 0.763. The summed E-state index contributed by atoms with van der Waals surface area (Å²) in [6.45, 7) is 5.17. The molecule has 94 valence electrons. The molecule has 1 rings (SSSR count). The first kappa shape index (κ1) is 13.7. The number of hydrogen-bond acceptors (Lipinski definition) is 2. The molecular weight excluding hydrogens is 214 g/mol. The van der Waals surface area contributed by atoms with Crippen LogP contribution >= 0.6 is 0 Å². The molecule has 1 aromatic rings. The van der Waals surface area contributed by atoms with Crippen molar-refractivity contribution >= 4 is 5.97 Å². The van der Waals surface area contributed by atoms with Gasteiger partial charge in [0, 0.05) is 12.6 Å². The van der Waals surface area contributed by atoms with Crippen molar-refractivity contribution in [2.24, 2.45) is 0 Å². The zero-order valence-electron chi connectivity index (χ0n) is 10.6. The van der Waals surface area contributed by atoms with Gasteiger partial charge in [-0.1, -0.05) is 31.9 Å². The minimum atomic E-state index is -0.874. The number of unbranched alkanes of at least 4 members (excludes halogenated alkanes) is 1. The summed E-state index contributed by atoms with van der Waals surface area (Å²) in [5, 5.41) is 12.2. The minimum Gasteiger partial charge on any atom is -0.478 e. The van der Waals surface area contributed by atoms with Crippen molar-refractivity contribution in [3.8, 4) is 0 Å². The van der Waals surface area contributed by atoms with E-state index < -0.39 is 5.97 Å². The Morgan fingerprint density at radius 1 is 1.35 bits per heavy atom. The molecule has 0 aliphatic rings. The molecule has 0 aliphatic heterocycles. The maximum absolute atomic E-state index is 10.7. The van der Waals surface area contributed by atoms with E-state index in [9.17, 15) is 4.79 Å². The fourth-order valence-corrected chi connectivity index (χ4v) is 1.67. The van der Waals surface area contributed by atoms with E-state index in [0.717, 1.165) is 12.1 Å². The van der Waals surface area contributed by atoms with Gasteiger partial charge in [-0.05, 0) is 31.0 Å². The van der Waals surface area contributed by atoms with Crippen molar-refractivity contribution in [3.63, 3.8) is 0 Å². The Morgan fingerprint density at radius 3 is 2.53 bits per heavy atom. The summed E-state index contributed by atoms with van der Waals surface area (Å²) in [5.41, 5.74) is 1.46. The number of carboxylic acid groups (broad SMARTS) is 1. The molecule has 0 radical (unpaired) electrons. The predicted molar refractivity (Wildman–Crippen MR) is 69.2 cm³/mol. The van der Waals surface area contributed by atoms with E-state index in [2.05, 4.69) is 19.2 Å². The number of aromatic carboxylic acids is 1. The molecule has 0 heterocycles. The summed E-state index contributed by atoms with van der Waals surface area (Å²) >= 11 is 0. The average molecular weight is 235 g/mol. The normalized spacial score (nSPS) is 12.4. The molecule has 1 aromatic carbocycles. The van der Waals surface area contributed by atoms with E-state index >= 15 is 0 Å². The van der Waals surface area contributed by atoms with Gasteiger partial charge in [0.15, 0.2) is 0 Å². The molecule has 3 heteroatoms. The van der Waals surface area contributed by atoms with Gasteiger partial charge in [-0.25, -0.2) is 4.79 Å². The second-order valence-corrected chi connectivity index (χ2v) is 4.43. The third kappa shape index (κ3) is 5.00. The van der Waals surface area contributed by atoms with Gasteiger partial charge in [0.2, 0.25) is 0 Å². The highest BCUT2D eigenvalue weighted by Gasteiger charge is 2.03. The predicted octanol–water partition coefficient (Wildman–Crippen LogP) is 3.05. The van der Waals surface area contributed by atoms with Gasteiger partial charge >= 0.3 is 5.97 Å². The Bertz CT molecular complexity index is 346. The Balaban J connectivity index is 2.39. The van der Waals surface area contributed by atoms with Gasteiger partial charge in [-0.2, -0.15) is 0 Å². The second-order valence-electron chi connectivity index (χ2n) is 4.43. The van der Waals surface area contributed by atoms with Gasteiger partial charge in [-0.15, -0.1) is 0 Å². The first-order valence-electron chi connectivity index (χ1n) is 6.19. The fourth-order valence-electron chi connectivity index (χ4n) is 1.67. The number of rotatable bonds is 7. The van der Waals surface area contributed by atoms with Crippen LogP contribution in [-0.2, 0) is 6.54 Å². The van der Waals surface area contributed by atoms with E-state index in [1.54, 1.807) is 12.1 Å². The first-order chi connectivity index (χ1) is 8.13. The highest BCUT2D eigenvalue weighted by atomic mass is 16.4. The molecule has 3 nitrogen and oxygen atoms in total. The first-order valence-corrected chi connectivity index (χ1v) is 6.19. The van der Waals surface area contributed by atoms with Crippen LogP contribution in [-0.4, -0.2) is 17.1 Å². The van der Waals surface area contributed by atoms with Crippen LogP contribution in [0.15, 0.2) is 24.3 Å². The number of carbonyl (C=O) groups is 1. The largest absolute Gasteiger partial charge is 0.478 e. The summed E-state index contributed by atoms with van der Waals surface area (Å²) in [7, 11) is 0. The van der Waals surface area contributed by atoms with Crippen molar-refractivity contribution in [1.82, 2.24) is 5.32 Å². The van der Waals surface area contributed by atoms with Crippen molar-refractivity contribution in [1.29, 1.82) is 0 Å². The van der Waals surface area contributed by atoms with Crippen LogP contribution in [0.3, 0.4) is 0 Å². The molecule has 0 fully saturated rings. The highest BCUT2D eigenvalue weighted by molar-refractivity contribution is 5.87. The van der Waals surface area contributed by atoms with Crippen molar-refractivity contribution < 1.29 is 9.90 Å². The van der Waals surface area contributed by atoms with Crippen molar-refractivity contribution in [2.45, 2.75) is 45.7 Å². The summed E-state index contributed by atoms with van der Waals surface area (Å²) in [6.07, 6.45) is 3.65. The lowest BCUT2D eigenvalue weighted by Gasteiger charge is -2.13. The van der Waals surface area contributed by atoms with E-state index in [4.69, 9.17) is 5.11 Å². The number of benzene rings is 1. The van der Waals surface area contributed by atoms with Gasteiger partial charge in [0.05, 0.1) is 5.56 Å². The molecule has 0 bridgehead atoms. The lowest BCUT2D eigenvalue weighted by atomic mass is 10.1. The van der Waals surface area contributed by atoms with Gasteiger partial charge < -0.3 is 10.4 Å². The Morgan fingerprint density at radius 2 is 2.00 bits per heavy atom. The van der Waals surface area contributed by atoms with E-state index in [1.165, 1.54) is 19.3 Å². The maximum atomic E-state index is 10.7. The van der Waals surface area contributed by atoms with Gasteiger partial charge in [0.1, 0.15) is 0 Å². The fraction of sp³-hybridized carbons (Fsp3) is 0.500. The Hall–Kier alpha value is -1.35. The van der Waals surface area contributed by atoms with Crippen LogP contribution in [0.25, 0.3) is 0 Å². The SMILES string of the molecule is CCCCC(C)NCc1ccc(C(=O)O)cc1. The third-order valence-corrected chi connectivity index (χ3v) is 2.85. The van der Waals surface area contributed by atoms with Crippen LogP contribution in [0, 0.1) is 0 Å². The van der Waals surface area contributed by atoms with Crippen molar-refractivity contribution in [3.05, 3.63) is 35.4 Å². The summed E-state index contributed by atoms with van der Waals surface area (Å²) in [5.74, 6) is -0.874. The molecule has 0 aliphatic carbocycles. The van der Waals surface area contributed by atoms with E-state index in [1.807, 2.05) is 12.1 Å². The standard InChI is InChI=1S/C14H21NO2/c1-3-4-5-11(2)15-10-12-6-8-13(9-7-12)14(16)17/h6-9,11,15H,3-5,10H2,1-2H3,(H,16,17). The average Bonchev–Trinajstić information content (AvgIpc) is 2.34. The van der Waals surface area contributed by atoms with Crippen LogP contribution in [0.4, 0.5) is 0 Å². The van der Waals surface area contributed by atoms with Gasteiger partial charge in [0.25, 0.3) is 0 Å². The monoisotopic (exact) mass is 235 g/mol. The molecule has 2 N–H and O–H groups in total. The smallest absolute Gasteiger partial charge is 0.335 e. The number of hydrogen-bond donors (Lipinski definition) is 2. The molecule has 0 spiro atoms. The van der Waals surface area contributed by atoms with Crippen LogP contribution in [0.1, 0.15) is 49.0 Å². The van der Waals surface area contributed by atoms with Gasteiger partial charge in [-0.3, -0.25) is 0 Å². The molecule has 1 atom stereocenters. The molecule has 17 heavy (non-hydrogen) atoms. The molecule has 0 aromatic heterocycles. The lowest BCUT2D eigenvalue weighted by molar-refractivity contribution is 0.0697. The number of carboxylic acids is 1. The van der Waals surface area contributed by atoms with E-state index in [-0.39, 0.29) is 0 Å². The van der Waals surface area contributed by atoms with E-state index in [0.29, 0.717) is 11.6 Å². The van der Waals surface area contributed by atoms with Crippen LogP contribution in [0.5, 0.6) is 0 Å². The summed E-state index contributed by atoms with van der Waals surface area (Å²) in [4.78, 5) is 10.7. The Kier molecular flexibility index (Phi) is 5.70.